The van der Waals surface area contributed by atoms with Gasteiger partial charge in [0.2, 0.25) is 0 Å². The fourth-order valence-corrected chi connectivity index (χ4v) is 7.01. The minimum atomic E-state index is -0.380. The SMILES string of the molecule is CCc1cc2c(s1)CCO[C@@]21CCN(C[C@H]2C[C@@H](NC(=O)Oc3ccc(OC)cc3)C2)[C@@H](C)C1. The topological polar surface area (TPSA) is 60.0 Å². The molecule has 6 nitrogen and oxygen atoms in total. The molecular weight excluding hydrogens is 448 g/mol. The van der Waals surface area contributed by atoms with Gasteiger partial charge in [0, 0.05) is 41.3 Å². The highest BCUT2D eigenvalue weighted by Crippen LogP contribution is 2.46. The summed E-state index contributed by atoms with van der Waals surface area (Å²) in [4.78, 5) is 17.9. The largest absolute Gasteiger partial charge is 0.497 e. The Labute approximate surface area is 206 Å². The molecule has 1 aliphatic carbocycles. The molecule has 34 heavy (non-hydrogen) atoms. The van der Waals surface area contributed by atoms with Gasteiger partial charge in [-0.05, 0) is 80.8 Å². The van der Waals surface area contributed by atoms with Gasteiger partial charge in [-0.3, -0.25) is 0 Å². The molecular formula is C27H36N2O4S. The van der Waals surface area contributed by atoms with E-state index in [-0.39, 0.29) is 17.7 Å². The third-order valence-corrected chi connectivity index (χ3v) is 9.12. The summed E-state index contributed by atoms with van der Waals surface area (Å²) in [7, 11) is 1.61. The van der Waals surface area contributed by atoms with Crippen molar-refractivity contribution in [1.29, 1.82) is 0 Å². The number of hydrogen-bond acceptors (Lipinski definition) is 6. The minimum absolute atomic E-state index is 0.0810. The molecule has 1 N–H and O–H groups in total. The maximum atomic E-state index is 12.2. The summed E-state index contributed by atoms with van der Waals surface area (Å²) in [6.45, 7) is 7.62. The zero-order valence-corrected chi connectivity index (χ0v) is 21.3. The highest BCUT2D eigenvalue weighted by Gasteiger charge is 2.45. The van der Waals surface area contributed by atoms with Crippen LogP contribution in [0.25, 0.3) is 0 Å². The first-order chi connectivity index (χ1) is 16.5. The molecule has 184 valence electrons. The lowest BCUT2D eigenvalue weighted by Crippen LogP contribution is -2.54. The Kier molecular flexibility index (Phi) is 6.87. The summed E-state index contributed by atoms with van der Waals surface area (Å²) < 4.78 is 17.0. The predicted octanol–water partition coefficient (Wildman–Crippen LogP) is 5.14. The number of rotatable bonds is 6. The number of ether oxygens (including phenoxy) is 3. The molecule has 2 aromatic rings. The van der Waals surface area contributed by atoms with Crippen LogP contribution in [0.4, 0.5) is 4.79 Å². The molecule has 1 saturated carbocycles. The number of carbonyl (C=O) groups is 1. The van der Waals surface area contributed by atoms with Gasteiger partial charge in [-0.1, -0.05) is 6.92 Å². The van der Waals surface area contributed by atoms with Crippen molar-refractivity contribution in [3.63, 3.8) is 0 Å². The first kappa shape index (κ1) is 23.6. The maximum Gasteiger partial charge on any atom is 0.412 e. The van der Waals surface area contributed by atoms with Crippen molar-refractivity contribution in [2.45, 2.75) is 70.1 Å². The van der Waals surface area contributed by atoms with Gasteiger partial charge in [-0.2, -0.15) is 0 Å². The van der Waals surface area contributed by atoms with Crippen LogP contribution in [0.15, 0.2) is 30.3 Å². The number of benzene rings is 1. The number of likely N-dealkylation sites (tertiary alicyclic amines) is 1. The zero-order chi connectivity index (χ0) is 23.7. The van der Waals surface area contributed by atoms with E-state index in [1.165, 1.54) is 10.4 Å². The molecule has 1 saturated heterocycles. The second-order valence-corrected chi connectivity index (χ2v) is 11.3. The lowest BCUT2D eigenvalue weighted by molar-refractivity contribution is -0.114. The van der Waals surface area contributed by atoms with Crippen LogP contribution in [0.5, 0.6) is 11.5 Å². The summed E-state index contributed by atoms with van der Waals surface area (Å²) in [5.74, 6) is 1.89. The average molecular weight is 485 g/mol. The maximum absolute atomic E-state index is 12.2. The number of amides is 1. The van der Waals surface area contributed by atoms with Crippen molar-refractivity contribution in [2.75, 3.05) is 26.8 Å². The standard InChI is InChI=1S/C27H36N2O4S/c1-4-23-15-24-25(34-23)9-12-32-27(24)10-11-29(18(2)16-27)17-19-13-20(14-19)28-26(30)33-22-7-5-21(31-3)6-8-22/h5-8,15,18-20H,4,9-14,16-17H2,1-3H3,(H,28,30)/t18-,19-,20+,27+/m0/s1. The average Bonchev–Trinajstić information content (AvgIpc) is 3.25. The van der Waals surface area contributed by atoms with Crippen molar-refractivity contribution in [3.05, 3.63) is 45.6 Å². The smallest absolute Gasteiger partial charge is 0.412 e. The van der Waals surface area contributed by atoms with Crippen molar-refractivity contribution in [1.82, 2.24) is 10.2 Å². The molecule has 2 aliphatic heterocycles. The van der Waals surface area contributed by atoms with Gasteiger partial charge in [0.15, 0.2) is 0 Å². The van der Waals surface area contributed by atoms with E-state index in [2.05, 4.69) is 30.1 Å². The Bertz CT molecular complexity index is 1000. The van der Waals surface area contributed by atoms with E-state index in [0.29, 0.717) is 17.7 Å². The molecule has 0 radical (unpaired) electrons. The van der Waals surface area contributed by atoms with Crippen LogP contribution in [0.3, 0.4) is 0 Å². The summed E-state index contributed by atoms with van der Waals surface area (Å²) in [6, 6.07) is 10.2. The van der Waals surface area contributed by atoms with E-state index in [1.807, 2.05) is 11.3 Å². The Morgan fingerprint density at radius 2 is 2.03 bits per heavy atom. The van der Waals surface area contributed by atoms with E-state index in [0.717, 1.165) is 64.0 Å². The highest BCUT2D eigenvalue weighted by molar-refractivity contribution is 7.12. The first-order valence-corrected chi connectivity index (χ1v) is 13.4. The molecule has 1 spiro atoms. The van der Waals surface area contributed by atoms with E-state index < -0.39 is 0 Å². The number of methoxy groups -OCH3 is 1. The van der Waals surface area contributed by atoms with Gasteiger partial charge in [0.1, 0.15) is 11.5 Å². The molecule has 1 aromatic carbocycles. The van der Waals surface area contributed by atoms with Crippen LogP contribution in [0.1, 0.15) is 54.8 Å². The van der Waals surface area contributed by atoms with Crippen molar-refractivity contribution < 1.29 is 19.0 Å². The van der Waals surface area contributed by atoms with E-state index in [1.54, 1.807) is 36.3 Å². The number of fused-ring (bicyclic) bond motifs is 2. The minimum Gasteiger partial charge on any atom is -0.497 e. The molecule has 7 heteroatoms. The van der Waals surface area contributed by atoms with E-state index >= 15 is 0 Å². The zero-order valence-electron chi connectivity index (χ0n) is 20.5. The third kappa shape index (κ3) is 4.83. The molecule has 3 aliphatic rings. The molecule has 3 heterocycles. The number of thiophene rings is 1. The number of nitrogens with zero attached hydrogens (tertiary/aromatic N) is 1. The summed E-state index contributed by atoms with van der Waals surface area (Å²) in [6.07, 6.45) is 5.97. The Morgan fingerprint density at radius 1 is 1.26 bits per heavy atom. The second kappa shape index (κ2) is 9.88. The predicted molar refractivity (Wildman–Crippen MR) is 134 cm³/mol. The number of nitrogens with one attached hydrogen (secondary N) is 1. The molecule has 2 atom stereocenters. The fourth-order valence-electron chi connectivity index (χ4n) is 5.83. The van der Waals surface area contributed by atoms with E-state index in [9.17, 15) is 4.79 Å². The molecule has 1 amide bonds. The van der Waals surface area contributed by atoms with Gasteiger partial charge < -0.3 is 24.4 Å². The van der Waals surface area contributed by atoms with Crippen LogP contribution in [0.2, 0.25) is 0 Å². The van der Waals surface area contributed by atoms with Gasteiger partial charge in [-0.15, -0.1) is 11.3 Å². The monoisotopic (exact) mass is 484 g/mol. The van der Waals surface area contributed by atoms with Gasteiger partial charge >= 0.3 is 6.09 Å². The number of aryl methyl sites for hydroxylation is 1. The van der Waals surface area contributed by atoms with Crippen molar-refractivity contribution in [2.24, 2.45) is 5.92 Å². The molecule has 0 unspecified atom stereocenters. The lowest BCUT2D eigenvalue weighted by Gasteiger charge is -2.49. The molecule has 0 bridgehead atoms. The van der Waals surface area contributed by atoms with Crippen LogP contribution in [0, 0.1) is 5.92 Å². The van der Waals surface area contributed by atoms with E-state index in [4.69, 9.17) is 14.2 Å². The van der Waals surface area contributed by atoms with Crippen molar-refractivity contribution >= 4 is 17.4 Å². The molecule has 2 fully saturated rings. The Balaban J connectivity index is 1.08. The second-order valence-electron chi connectivity index (χ2n) is 10.0. The number of carbonyl (C=O) groups excluding carboxylic acids is 1. The molecule has 5 rings (SSSR count). The number of hydrogen-bond donors (Lipinski definition) is 1. The van der Waals surface area contributed by atoms with Gasteiger partial charge in [-0.25, -0.2) is 4.79 Å². The van der Waals surface area contributed by atoms with Crippen LogP contribution in [-0.2, 0) is 23.2 Å². The van der Waals surface area contributed by atoms with Crippen molar-refractivity contribution in [3.8, 4) is 11.5 Å². The lowest BCUT2D eigenvalue weighted by atomic mass is 9.76. The van der Waals surface area contributed by atoms with Crippen LogP contribution < -0.4 is 14.8 Å². The summed E-state index contributed by atoms with van der Waals surface area (Å²) >= 11 is 1.99. The Morgan fingerprint density at radius 3 is 2.74 bits per heavy atom. The first-order valence-electron chi connectivity index (χ1n) is 12.6. The Hall–Kier alpha value is -2.09. The molecule has 1 aromatic heterocycles. The van der Waals surface area contributed by atoms with Crippen LogP contribution in [-0.4, -0.2) is 49.9 Å². The summed E-state index contributed by atoms with van der Waals surface area (Å²) in [5.41, 5.74) is 1.40. The van der Waals surface area contributed by atoms with Gasteiger partial charge in [0.25, 0.3) is 0 Å². The fraction of sp³-hybridized carbons (Fsp3) is 0.593. The summed E-state index contributed by atoms with van der Waals surface area (Å²) in [5, 5.41) is 3.01. The third-order valence-electron chi connectivity index (χ3n) is 7.78. The van der Waals surface area contributed by atoms with Gasteiger partial charge in [0.05, 0.1) is 19.3 Å². The number of piperidine rings is 1. The quantitative estimate of drug-likeness (QED) is 0.615. The normalized spacial score (nSPS) is 28.7. The van der Waals surface area contributed by atoms with Crippen LogP contribution >= 0.6 is 11.3 Å². The highest BCUT2D eigenvalue weighted by atomic mass is 32.1.